The van der Waals surface area contributed by atoms with Gasteiger partial charge in [0.2, 0.25) is 21.8 Å². The van der Waals surface area contributed by atoms with Crippen LogP contribution in [0.2, 0.25) is 10.0 Å². The number of carbonyl (C=O) groups is 2. The number of sulfonamides is 1. The standard InChI is InChI=1S/C34H42Cl2N6O4S/c1-23-29(35)12-13-30(33(23)36)47(45,46)41(19-16-25-6-4-3-5-7-25)22-31(43)40-20-32(44)42(24(2)27-14-17-39-18-15-27)21-26-8-10-28(11-9-26)34(37)38/h3-13,24,27,39H,14-22H2,1-2H3,(H3,37,38)(H,40,43). The summed E-state index contributed by atoms with van der Waals surface area (Å²) >= 11 is 12.6. The number of halogens is 2. The summed E-state index contributed by atoms with van der Waals surface area (Å²) in [6.45, 7) is 4.91. The molecule has 13 heteroatoms. The van der Waals surface area contributed by atoms with E-state index in [-0.39, 0.29) is 46.7 Å². The van der Waals surface area contributed by atoms with E-state index in [2.05, 4.69) is 10.6 Å². The first-order valence-electron chi connectivity index (χ1n) is 15.6. The van der Waals surface area contributed by atoms with E-state index in [1.165, 1.54) is 12.1 Å². The van der Waals surface area contributed by atoms with Gasteiger partial charge in [-0.2, -0.15) is 4.31 Å². The average molecular weight is 702 g/mol. The van der Waals surface area contributed by atoms with Crippen molar-refractivity contribution < 1.29 is 18.0 Å². The zero-order valence-corrected chi connectivity index (χ0v) is 29.0. The predicted octanol–water partition coefficient (Wildman–Crippen LogP) is 4.35. The van der Waals surface area contributed by atoms with Gasteiger partial charge >= 0.3 is 0 Å². The van der Waals surface area contributed by atoms with E-state index in [0.29, 0.717) is 29.1 Å². The molecule has 1 saturated heterocycles. The predicted molar refractivity (Wildman–Crippen MR) is 186 cm³/mol. The van der Waals surface area contributed by atoms with Gasteiger partial charge in [0.15, 0.2) is 0 Å². The highest BCUT2D eigenvalue weighted by Crippen LogP contribution is 2.32. The molecule has 47 heavy (non-hydrogen) atoms. The van der Waals surface area contributed by atoms with Crippen molar-refractivity contribution in [2.45, 2.75) is 50.6 Å². The highest BCUT2D eigenvalue weighted by atomic mass is 35.5. The third-order valence-electron chi connectivity index (χ3n) is 8.65. The van der Waals surface area contributed by atoms with Gasteiger partial charge in [-0.15, -0.1) is 0 Å². The van der Waals surface area contributed by atoms with Gasteiger partial charge in [0.25, 0.3) is 0 Å². The van der Waals surface area contributed by atoms with Crippen molar-refractivity contribution in [3.8, 4) is 0 Å². The van der Waals surface area contributed by atoms with Gasteiger partial charge < -0.3 is 21.3 Å². The van der Waals surface area contributed by atoms with Crippen LogP contribution in [0.5, 0.6) is 0 Å². The lowest BCUT2D eigenvalue weighted by Gasteiger charge is -2.37. The topological polar surface area (TPSA) is 149 Å². The second kappa shape index (κ2) is 16.6. The van der Waals surface area contributed by atoms with Crippen molar-refractivity contribution in [1.29, 1.82) is 5.41 Å². The summed E-state index contributed by atoms with van der Waals surface area (Å²) in [5.74, 6) is -0.658. The number of nitrogens with zero attached hydrogens (tertiary/aromatic N) is 2. The zero-order valence-electron chi connectivity index (χ0n) is 26.6. The van der Waals surface area contributed by atoms with Crippen LogP contribution < -0.4 is 16.4 Å². The van der Waals surface area contributed by atoms with Crippen LogP contribution in [-0.2, 0) is 32.6 Å². The van der Waals surface area contributed by atoms with E-state index < -0.39 is 22.5 Å². The Morgan fingerprint density at radius 1 is 1.02 bits per heavy atom. The van der Waals surface area contributed by atoms with Crippen molar-refractivity contribution >= 4 is 50.9 Å². The van der Waals surface area contributed by atoms with Crippen LogP contribution in [0.15, 0.2) is 71.6 Å². The lowest BCUT2D eigenvalue weighted by molar-refractivity contribution is -0.136. The number of piperidine rings is 1. The zero-order chi connectivity index (χ0) is 34.1. The lowest BCUT2D eigenvalue weighted by atomic mass is 9.90. The fourth-order valence-electron chi connectivity index (χ4n) is 5.68. The Hall–Kier alpha value is -3.48. The van der Waals surface area contributed by atoms with Gasteiger partial charge in [-0.1, -0.05) is 77.8 Å². The van der Waals surface area contributed by atoms with Crippen molar-refractivity contribution in [1.82, 2.24) is 19.8 Å². The SMILES string of the molecule is Cc1c(Cl)ccc(S(=O)(=O)N(CCc2ccccc2)CC(=O)NCC(=O)N(Cc2ccc(C(=N)N)cc2)C(C)C2CCNCC2)c1Cl. The Kier molecular flexibility index (Phi) is 12.8. The molecule has 252 valence electrons. The summed E-state index contributed by atoms with van der Waals surface area (Å²) in [6.07, 6.45) is 2.20. The van der Waals surface area contributed by atoms with Crippen LogP contribution in [0, 0.1) is 18.3 Å². The molecule has 4 rings (SSSR count). The largest absolute Gasteiger partial charge is 0.384 e. The smallest absolute Gasteiger partial charge is 0.245 e. The molecular formula is C34H42Cl2N6O4S. The van der Waals surface area contributed by atoms with Crippen molar-refractivity contribution in [3.63, 3.8) is 0 Å². The molecule has 0 spiro atoms. The lowest BCUT2D eigenvalue weighted by Crippen LogP contribution is -2.50. The molecule has 0 saturated carbocycles. The molecule has 1 aliphatic rings. The highest BCUT2D eigenvalue weighted by Gasteiger charge is 2.31. The minimum Gasteiger partial charge on any atom is -0.384 e. The number of nitrogens with one attached hydrogen (secondary N) is 3. The van der Waals surface area contributed by atoms with Gasteiger partial charge in [-0.05, 0) is 80.9 Å². The number of nitrogen functional groups attached to an aromatic ring is 1. The molecular weight excluding hydrogens is 659 g/mol. The number of nitrogens with two attached hydrogens (primary N) is 1. The summed E-state index contributed by atoms with van der Waals surface area (Å²) in [5.41, 5.74) is 8.39. The number of hydrogen-bond acceptors (Lipinski definition) is 6. The summed E-state index contributed by atoms with van der Waals surface area (Å²) in [6, 6.07) is 19.2. The Balaban J connectivity index is 1.51. The van der Waals surface area contributed by atoms with Crippen LogP contribution >= 0.6 is 23.2 Å². The van der Waals surface area contributed by atoms with Gasteiger partial charge in [0.1, 0.15) is 10.7 Å². The maximum absolute atomic E-state index is 13.9. The van der Waals surface area contributed by atoms with Crippen LogP contribution in [0.1, 0.15) is 42.0 Å². The second-order valence-electron chi connectivity index (χ2n) is 11.8. The maximum atomic E-state index is 13.9. The first-order chi connectivity index (χ1) is 22.4. The quantitative estimate of drug-likeness (QED) is 0.145. The number of hydrogen-bond donors (Lipinski definition) is 4. The van der Waals surface area contributed by atoms with Crippen molar-refractivity contribution in [2.24, 2.45) is 11.7 Å². The highest BCUT2D eigenvalue weighted by molar-refractivity contribution is 7.89. The molecule has 10 nitrogen and oxygen atoms in total. The molecule has 1 aliphatic heterocycles. The molecule has 1 heterocycles. The van der Waals surface area contributed by atoms with Crippen LogP contribution in [0.25, 0.3) is 0 Å². The molecule has 0 aromatic heterocycles. The van der Waals surface area contributed by atoms with Gasteiger partial charge in [-0.25, -0.2) is 8.42 Å². The number of carbonyl (C=O) groups excluding carboxylic acids is 2. The molecule has 0 aliphatic carbocycles. The number of amides is 2. The van der Waals surface area contributed by atoms with Crippen LogP contribution in [0.4, 0.5) is 0 Å². The molecule has 0 bridgehead atoms. The fourth-order valence-corrected chi connectivity index (χ4v) is 7.86. The first-order valence-corrected chi connectivity index (χ1v) is 17.8. The number of rotatable bonds is 14. The van der Waals surface area contributed by atoms with Gasteiger partial charge in [0.05, 0.1) is 18.1 Å². The molecule has 1 fully saturated rings. The van der Waals surface area contributed by atoms with E-state index in [1.807, 2.05) is 49.4 Å². The molecule has 1 unspecified atom stereocenters. The van der Waals surface area contributed by atoms with Crippen LogP contribution in [-0.4, -0.2) is 74.0 Å². The molecule has 3 aromatic carbocycles. The normalized spacial score (nSPS) is 14.5. The molecule has 3 aromatic rings. The third-order valence-corrected chi connectivity index (χ3v) is 11.5. The Labute approximate surface area is 287 Å². The van der Waals surface area contributed by atoms with E-state index in [4.69, 9.17) is 34.3 Å². The average Bonchev–Trinajstić information content (AvgIpc) is 3.07. The summed E-state index contributed by atoms with van der Waals surface area (Å²) in [5, 5.41) is 14.0. The maximum Gasteiger partial charge on any atom is 0.245 e. The van der Waals surface area contributed by atoms with Gasteiger partial charge in [-0.3, -0.25) is 15.0 Å². The molecule has 2 amide bonds. The van der Waals surface area contributed by atoms with E-state index in [9.17, 15) is 18.0 Å². The monoisotopic (exact) mass is 700 g/mol. The fraction of sp³-hybridized carbons (Fsp3) is 0.382. The molecule has 1 atom stereocenters. The molecule has 5 N–H and O–H groups in total. The van der Waals surface area contributed by atoms with Crippen molar-refractivity contribution in [2.75, 3.05) is 32.7 Å². The van der Waals surface area contributed by atoms with Crippen molar-refractivity contribution in [3.05, 3.63) is 99.0 Å². The third kappa shape index (κ3) is 9.55. The van der Waals surface area contributed by atoms with Gasteiger partial charge in [0, 0.05) is 29.7 Å². The number of amidine groups is 1. The first kappa shape index (κ1) is 36.4. The summed E-state index contributed by atoms with van der Waals surface area (Å²) in [4.78, 5) is 28.7. The molecule has 0 radical (unpaired) electrons. The summed E-state index contributed by atoms with van der Waals surface area (Å²) in [7, 11) is -4.21. The van der Waals surface area contributed by atoms with Crippen LogP contribution in [0.3, 0.4) is 0 Å². The Morgan fingerprint density at radius 2 is 1.68 bits per heavy atom. The van der Waals surface area contributed by atoms with E-state index in [0.717, 1.165) is 41.4 Å². The minimum atomic E-state index is -4.21. The second-order valence-corrected chi connectivity index (χ2v) is 14.5. The van der Waals surface area contributed by atoms with E-state index in [1.54, 1.807) is 24.0 Å². The minimum absolute atomic E-state index is 0.00308. The Morgan fingerprint density at radius 3 is 2.32 bits per heavy atom. The number of benzene rings is 3. The summed E-state index contributed by atoms with van der Waals surface area (Å²) < 4.78 is 28.8. The van der Waals surface area contributed by atoms with E-state index >= 15 is 0 Å². The Bertz CT molecular complexity index is 1670.